The normalized spacial score (nSPS) is 44.6. The first kappa shape index (κ1) is 7.03. The summed E-state index contributed by atoms with van der Waals surface area (Å²) in [7, 11) is 0. The summed E-state index contributed by atoms with van der Waals surface area (Å²) in [5.74, 6) is 0.488. The molecule has 0 aliphatic heterocycles. The molecule has 1 aliphatic rings. The Morgan fingerprint density at radius 2 is 2.38 bits per heavy atom. The van der Waals surface area contributed by atoms with Gasteiger partial charge in [0.25, 0.3) is 0 Å². The van der Waals surface area contributed by atoms with Crippen LogP contribution in [0.2, 0.25) is 0 Å². The molecule has 48 valence electrons. The molecule has 1 rings (SSSR count). The van der Waals surface area contributed by atoms with Gasteiger partial charge in [-0.2, -0.15) is 0 Å². The molecule has 2 atom stereocenters. The highest BCUT2D eigenvalue weighted by atomic mass is 79.9. The minimum atomic E-state index is 0.238. The monoisotopic (exact) mass is 242 g/mol. The molecule has 0 spiro atoms. The lowest BCUT2D eigenvalue weighted by molar-refractivity contribution is 0.273. The van der Waals surface area contributed by atoms with Crippen molar-refractivity contribution in [3.63, 3.8) is 0 Å². The molecule has 0 aromatic heterocycles. The maximum absolute atomic E-state index is 8.62. The first-order valence-corrected chi connectivity index (χ1v) is 4.50. The molecule has 8 heavy (non-hydrogen) atoms. The van der Waals surface area contributed by atoms with Crippen LogP contribution in [0.25, 0.3) is 0 Å². The highest BCUT2D eigenvalue weighted by Crippen LogP contribution is 2.51. The van der Waals surface area contributed by atoms with Crippen LogP contribution in [-0.2, 0) is 0 Å². The number of alkyl halides is 2. The van der Waals surface area contributed by atoms with Gasteiger partial charge >= 0.3 is 0 Å². The zero-order valence-corrected chi connectivity index (χ0v) is 7.57. The van der Waals surface area contributed by atoms with Crippen LogP contribution in [0.4, 0.5) is 0 Å². The number of aliphatic hydroxyl groups excluding tert-OH is 1. The molecular formula is C5H8Br2O. The first-order chi connectivity index (χ1) is 3.73. The fourth-order valence-electron chi connectivity index (χ4n) is 0.743. The van der Waals surface area contributed by atoms with Gasteiger partial charge in [-0.1, -0.05) is 31.9 Å². The van der Waals surface area contributed by atoms with Crippen LogP contribution in [0.3, 0.4) is 0 Å². The van der Waals surface area contributed by atoms with E-state index in [1.54, 1.807) is 0 Å². The van der Waals surface area contributed by atoms with Crippen LogP contribution in [0.1, 0.15) is 6.42 Å². The topological polar surface area (TPSA) is 20.2 Å². The van der Waals surface area contributed by atoms with Gasteiger partial charge in [0.05, 0.1) is 0 Å². The van der Waals surface area contributed by atoms with Crippen molar-refractivity contribution in [2.24, 2.45) is 5.92 Å². The Bertz CT molecular complexity index is 96.4. The molecule has 0 aromatic rings. The predicted octanol–water partition coefficient (Wildman–Crippen LogP) is 1.53. The maximum atomic E-state index is 8.62. The average Bonchev–Trinajstić information content (AvgIpc) is 2.44. The molecule has 3 heteroatoms. The van der Waals surface area contributed by atoms with E-state index >= 15 is 0 Å². The predicted molar refractivity (Wildman–Crippen MR) is 40.6 cm³/mol. The van der Waals surface area contributed by atoms with Gasteiger partial charge in [0, 0.05) is 16.3 Å². The lowest BCUT2D eigenvalue weighted by Crippen LogP contribution is -2.04. The van der Waals surface area contributed by atoms with Crippen molar-refractivity contribution < 1.29 is 5.11 Å². The third-order valence-corrected chi connectivity index (χ3v) is 4.60. The van der Waals surface area contributed by atoms with Gasteiger partial charge in [-0.3, -0.25) is 0 Å². The number of hydrogen-bond acceptors (Lipinski definition) is 1. The van der Waals surface area contributed by atoms with Crippen molar-refractivity contribution in [2.75, 3.05) is 11.9 Å². The highest BCUT2D eigenvalue weighted by molar-refractivity contribution is 9.12. The minimum Gasteiger partial charge on any atom is -0.396 e. The van der Waals surface area contributed by atoms with E-state index < -0.39 is 0 Å². The first-order valence-electron chi connectivity index (χ1n) is 2.58. The van der Waals surface area contributed by atoms with Gasteiger partial charge in [0.15, 0.2) is 0 Å². The minimum absolute atomic E-state index is 0.238. The molecule has 1 fully saturated rings. The number of aliphatic hydroxyl groups is 1. The van der Waals surface area contributed by atoms with Crippen molar-refractivity contribution in [1.29, 1.82) is 0 Å². The van der Waals surface area contributed by atoms with Gasteiger partial charge in [-0.15, -0.1) is 0 Å². The Morgan fingerprint density at radius 3 is 2.50 bits per heavy atom. The average molecular weight is 244 g/mol. The number of halogens is 2. The molecule has 1 nitrogen and oxygen atoms in total. The second kappa shape index (κ2) is 2.27. The third kappa shape index (κ3) is 1.09. The fraction of sp³-hybridized carbons (Fsp3) is 1.00. The van der Waals surface area contributed by atoms with Crippen LogP contribution in [-0.4, -0.2) is 21.4 Å². The summed E-state index contributed by atoms with van der Waals surface area (Å²) < 4.78 is 0.238. The van der Waals surface area contributed by atoms with Crippen molar-refractivity contribution in [3.05, 3.63) is 0 Å². The van der Waals surface area contributed by atoms with E-state index in [1.807, 2.05) is 0 Å². The summed E-state index contributed by atoms with van der Waals surface area (Å²) in [5.41, 5.74) is 0. The Balaban J connectivity index is 2.31. The SMILES string of the molecule is OC[C@@H]1C[C@@]1(Br)CBr. The summed E-state index contributed by atoms with van der Waals surface area (Å²) in [6.07, 6.45) is 1.11. The van der Waals surface area contributed by atoms with Gasteiger partial charge in [0.2, 0.25) is 0 Å². The van der Waals surface area contributed by atoms with E-state index in [1.165, 1.54) is 0 Å². The van der Waals surface area contributed by atoms with Crippen molar-refractivity contribution in [3.8, 4) is 0 Å². The zero-order chi connectivity index (χ0) is 6.20. The lowest BCUT2D eigenvalue weighted by Gasteiger charge is -1.99. The second-order valence-corrected chi connectivity index (χ2v) is 4.39. The Labute approximate surface area is 65.7 Å². The second-order valence-electron chi connectivity index (χ2n) is 2.25. The summed E-state index contributed by atoms with van der Waals surface area (Å²) in [4.78, 5) is 0. The van der Waals surface area contributed by atoms with Crippen molar-refractivity contribution >= 4 is 31.9 Å². The van der Waals surface area contributed by atoms with E-state index in [4.69, 9.17) is 5.11 Å². The quantitative estimate of drug-likeness (QED) is 0.730. The van der Waals surface area contributed by atoms with Crippen LogP contribution in [0.5, 0.6) is 0 Å². The van der Waals surface area contributed by atoms with Crippen LogP contribution < -0.4 is 0 Å². The zero-order valence-electron chi connectivity index (χ0n) is 4.40. The van der Waals surface area contributed by atoms with Gasteiger partial charge < -0.3 is 5.11 Å². The molecule has 1 aliphatic carbocycles. The van der Waals surface area contributed by atoms with E-state index in [9.17, 15) is 0 Å². The molecule has 0 saturated heterocycles. The number of rotatable bonds is 2. The molecule has 0 bridgehead atoms. The van der Waals surface area contributed by atoms with Gasteiger partial charge in [-0.25, -0.2) is 0 Å². The van der Waals surface area contributed by atoms with E-state index in [2.05, 4.69) is 31.9 Å². The molecule has 1 saturated carbocycles. The Morgan fingerprint density at radius 1 is 1.75 bits per heavy atom. The van der Waals surface area contributed by atoms with Crippen molar-refractivity contribution in [2.45, 2.75) is 10.7 Å². The van der Waals surface area contributed by atoms with Crippen LogP contribution in [0.15, 0.2) is 0 Å². The summed E-state index contributed by atoms with van der Waals surface area (Å²) >= 11 is 6.86. The highest BCUT2D eigenvalue weighted by Gasteiger charge is 2.50. The molecule has 0 amide bonds. The molecule has 1 N–H and O–H groups in total. The lowest BCUT2D eigenvalue weighted by atomic mass is 10.4. The number of hydrogen-bond donors (Lipinski definition) is 1. The Kier molecular flexibility index (Phi) is 2.00. The molecule has 0 aromatic carbocycles. The molecule has 0 unspecified atom stereocenters. The van der Waals surface area contributed by atoms with E-state index in [-0.39, 0.29) is 4.32 Å². The molecule has 0 radical (unpaired) electrons. The molecule has 0 heterocycles. The third-order valence-electron chi connectivity index (χ3n) is 1.60. The largest absolute Gasteiger partial charge is 0.396 e. The summed E-state index contributed by atoms with van der Waals surface area (Å²) in [5, 5.41) is 9.57. The van der Waals surface area contributed by atoms with E-state index in [0.29, 0.717) is 12.5 Å². The van der Waals surface area contributed by atoms with Gasteiger partial charge in [-0.05, 0) is 12.3 Å². The standard InChI is InChI=1S/C5H8Br2O/c6-3-5(7)1-4(5)2-8/h4,8H,1-3H2/t4-,5+/m0/s1. The van der Waals surface area contributed by atoms with Crippen LogP contribution >= 0.6 is 31.9 Å². The molecular weight excluding hydrogens is 236 g/mol. The van der Waals surface area contributed by atoms with Crippen LogP contribution in [0, 0.1) is 5.92 Å². The maximum Gasteiger partial charge on any atom is 0.0473 e. The van der Waals surface area contributed by atoms with E-state index in [0.717, 1.165) is 11.8 Å². The summed E-state index contributed by atoms with van der Waals surface area (Å²) in [6, 6.07) is 0. The smallest absolute Gasteiger partial charge is 0.0473 e. The van der Waals surface area contributed by atoms with Gasteiger partial charge in [0.1, 0.15) is 0 Å². The Hall–Kier alpha value is 0.920. The van der Waals surface area contributed by atoms with Crippen molar-refractivity contribution in [1.82, 2.24) is 0 Å². The fourth-order valence-corrected chi connectivity index (χ4v) is 1.96. The summed E-state index contributed by atoms with van der Waals surface area (Å²) in [6.45, 7) is 0.316.